The fraction of sp³-hybridized carbons (Fsp3) is 0.333. The van der Waals surface area contributed by atoms with Crippen molar-refractivity contribution in [3.05, 3.63) is 52.2 Å². The van der Waals surface area contributed by atoms with E-state index in [1.54, 1.807) is 29.8 Å². The van der Waals surface area contributed by atoms with E-state index in [2.05, 4.69) is 21.7 Å². The molecule has 1 aromatic carbocycles. The van der Waals surface area contributed by atoms with E-state index in [0.717, 1.165) is 30.3 Å². The van der Waals surface area contributed by atoms with Crippen LogP contribution in [-0.4, -0.2) is 60.6 Å². The number of para-hydroxylation sites is 2. The number of hydrogen-bond donors (Lipinski definition) is 0. The summed E-state index contributed by atoms with van der Waals surface area (Å²) in [5.74, 6) is 1.23. The van der Waals surface area contributed by atoms with Gasteiger partial charge >= 0.3 is 0 Å². The van der Waals surface area contributed by atoms with Crippen LogP contribution < -0.4 is 9.47 Å². The van der Waals surface area contributed by atoms with Crippen LogP contribution in [0.4, 0.5) is 0 Å². The van der Waals surface area contributed by atoms with Crippen molar-refractivity contribution >= 4 is 28.6 Å². The van der Waals surface area contributed by atoms with Gasteiger partial charge < -0.3 is 14.4 Å². The van der Waals surface area contributed by atoms with Crippen LogP contribution in [-0.2, 0) is 11.3 Å². The molecule has 152 valence electrons. The number of carbonyl (C=O) groups excluding carboxylic acids is 1. The molecule has 0 radical (unpaired) electrons. The average Bonchev–Trinajstić information content (AvgIpc) is 3.45. The smallest absolute Gasteiger partial charge is 0.260 e. The third-order valence-electron chi connectivity index (χ3n) is 4.83. The molecule has 0 saturated carbocycles. The number of benzene rings is 1. The van der Waals surface area contributed by atoms with Gasteiger partial charge in [0.25, 0.3) is 5.91 Å². The van der Waals surface area contributed by atoms with Crippen LogP contribution in [0, 0.1) is 0 Å². The van der Waals surface area contributed by atoms with Gasteiger partial charge in [-0.05, 0) is 23.6 Å². The summed E-state index contributed by atoms with van der Waals surface area (Å²) < 4.78 is 10.9. The number of aromatic nitrogens is 1. The fourth-order valence-electron chi connectivity index (χ4n) is 3.24. The first-order valence-corrected chi connectivity index (χ1v) is 11.2. The lowest BCUT2D eigenvalue weighted by Gasteiger charge is -2.34. The first kappa shape index (κ1) is 19.9. The van der Waals surface area contributed by atoms with Crippen molar-refractivity contribution in [3.63, 3.8) is 0 Å². The Hall–Kier alpha value is -2.42. The molecule has 1 amide bonds. The number of ether oxygens (including phenoxy) is 2. The first-order valence-electron chi connectivity index (χ1n) is 9.47. The Balaban J connectivity index is 1.24. The zero-order valence-electron chi connectivity index (χ0n) is 16.2. The number of thiophene rings is 1. The highest BCUT2D eigenvalue weighted by Crippen LogP contribution is 2.27. The molecule has 8 heteroatoms. The molecule has 1 fully saturated rings. The highest BCUT2D eigenvalue weighted by atomic mass is 32.1. The molecule has 2 aromatic heterocycles. The van der Waals surface area contributed by atoms with Crippen molar-refractivity contribution in [1.82, 2.24) is 14.8 Å². The minimum absolute atomic E-state index is 0.00443. The summed E-state index contributed by atoms with van der Waals surface area (Å²) in [6.07, 6.45) is 0. The van der Waals surface area contributed by atoms with Gasteiger partial charge in [-0.15, -0.1) is 22.7 Å². The van der Waals surface area contributed by atoms with Crippen LogP contribution in [0.2, 0.25) is 0 Å². The summed E-state index contributed by atoms with van der Waals surface area (Å²) in [5, 5.41) is 5.31. The van der Waals surface area contributed by atoms with Gasteiger partial charge in [-0.25, -0.2) is 4.98 Å². The summed E-state index contributed by atoms with van der Waals surface area (Å²) in [4.78, 5) is 22.7. The highest BCUT2D eigenvalue weighted by Gasteiger charge is 2.22. The Bertz CT molecular complexity index is 934. The summed E-state index contributed by atoms with van der Waals surface area (Å²) >= 11 is 3.41. The number of hydrogen-bond acceptors (Lipinski definition) is 7. The maximum atomic E-state index is 12.5. The predicted molar refractivity (Wildman–Crippen MR) is 116 cm³/mol. The van der Waals surface area contributed by atoms with E-state index in [1.165, 1.54) is 4.88 Å². The minimum atomic E-state index is 0.00443. The zero-order valence-corrected chi connectivity index (χ0v) is 17.9. The third-order valence-corrected chi connectivity index (χ3v) is 6.56. The monoisotopic (exact) mass is 429 g/mol. The van der Waals surface area contributed by atoms with E-state index >= 15 is 0 Å². The molecule has 0 atom stereocenters. The Morgan fingerprint density at radius 3 is 2.59 bits per heavy atom. The van der Waals surface area contributed by atoms with E-state index in [9.17, 15) is 4.79 Å². The SMILES string of the molecule is COc1ccccc1OCC(=O)N1CCN(Cc2nc(-c3cccs3)cs2)CC1. The lowest BCUT2D eigenvalue weighted by Crippen LogP contribution is -2.49. The van der Waals surface area contributed by atoms with Crippen molar-refractivity contribution in [2.24, 2.45) is 0 Å². The Labute approximate surface area is 178 Å². The summed E-state index contributed by atoms with van der Waals surface area (Å²) in [7, 11) is 1.59. The van der Waals surface area contributed by atoms with Crippen molar-refractivity contribution < 1.29 is 14.3 Å². The second kappa shape index (κ2) is 9.39. The normalized spacial score (nSPS) is 14.7. The van der Waals surface area contributed by atoms with Crippen LogP contribution in [0.15, 0.2) is 47.2 Å². The van der Waals surface area contributed by atoms with Gasteiger partial charge in [0.1, 0.15) is 5.01 Å². The average molecular weight is 430 g/mol. The first-order chi connectivity index (χ1) is 14.2. The number of carbonyl (C=O) groups is 1. The Morgan fingerprint density at radius 1 is 1.07 bits per heavy atom. The molecule has 0 unspecified atom stereocenters. The van der Waals surface area contributed by atoms with Gasteiger partial charge in [-0.3, -0.25) is 9.69 Å². The van der Waals surface area contributed by atoms with Crippen molar-refractivity contribution in [2.45, 2.75) is 6.54 Å². The summed E-state index contributed by atoms with van der Waals surface area (Å²) in [6, 6.07) is 11.5. The van der Waals surface area contributed by atoms with E-state index in [4.69, 9.17) is 14.5 Å². The number of amides is 1. The molecular weight excluding hydrogens is 406 g/mol. The molecular formula is C21H23N3O3S2. The molecule has 0 spiro atoms. The Kier molecular flexibility index (Phi) is 6.43. The largest absolute Gasteiger partial charge is 0.493 e. The second-order valence-electron chi connectivity index (χ2n) is 6.70. The number of methoxy groups -OCH3 is 1. The third kappa shape index (κ3) is 4.95. The Morgan fingerprint density at radius 2 is 1.86 bits per heavy atom. The van der Waals surface area contributed by atoms with Crippen molar-refractivity contribution in [3.8, 4) is 22.1 Å². The lowest BCUT2D eigenvalue weighted by molar-refractivity contribution is -0.135. The van der Waals surface area contributed by atoms with Crippen LogP contribution >= 0.6 is 22.7 Å². The van der Waals surface area contributed by atoms with Crippen LogP contribution in [0.25, 0.3) is 10.6 Å². The van der Waals surface area contributed by atoms with Gasteiger partial charge in [0.15, 0.2) is 18.1 Å². The van der Waals surface area contributed by atoms with Crippen molar-refractivity contribution in [2.75, 3.05) is 39.9 Å². The fourth-order valence-corrected chi connectivity index (χ4v) is 4.83. The summed E-state index contributed by atoms with van der Waals surface area (Å²) in [6.45, 7) is 3.95. The maximum absolute atomic E-state index is 12.5. The molecule has 0 aliphatic carbocycles. The second-order valence-corrected chi connectivity index (χ2v) is 8.59. The quantitative estimate of drug-likeness (QED) is 0.574. The van der Waals surface area contributed by atoms with Gasteiger partial charge in [-0.2, -0.15) is 0 Å². The van der Waals surface area contributed by atoms with Gasteiger partial charge in [0.05, 0.1) is 24.2 Å². The molecule has 1 aliphatic heterocycles. The molecule has 1 aliphatic rings. The van der Waals surface area contributed by atoms with Crippen LogP contribution in [0.5, 0.6) is 11.5 Å². The maximum Gasteiger partial charge on any atom is 0.260 e. The van der Waals surface area contributed by atoms with E-state index in [-0.39, 0.29) is 12.5 Å². The van der Waals surface area contributed by atoms with Gasteiger partial charge in [-0.1, -0.05) is 18.2 Å². The van der Waals surface area contributed by atoms with E-state index < -0.39 is 0 Å². The number of thiazole rings is 1. The molecule has 3 aromatic rings. The number of piperazine rings is 1. The molecule has 29 heavy (non-hydrogen) atoms. The predicted octanol–water partition coefficient (Wildman–Crippen LogP) is 3.60. The van der Waals surface area contributed by atoms with Crippen molar-refractivity contribution in [1.29, 1.82) is 0 Å². The molecule has 3 heterocycles. The van der Waals surface area contributed by atoms with Gasteiger partial charge in [0, 0.05) is 31.6 Å². The highest BCUT2D eigenvalue weighted by molar-refractivity contribution is 7.14. The minimum Gasteiger partial charge on any atom is -0.493 e. The number of nitrogens with zero attached hydrogens (tertiary/aromatic N) is 3. The van der Waals surface area contributed by atoms with Crippen LogP contribution in [0.1, 0.15) is 5.01 Å². The van der Waals surface area contributed by atoms with E-state index in [1.807, 2.05) is 35.2 Å². The topological polar surface area (TPSA) is 54.9 Å². The van der Waals surface area contributed by atoms with Crippen LogP contribution in [0.3, 0.4) is 0 Å². The molecule has 4 rings (SSSR count). The number of rotatable bonds is 7. The molecule has 6 nitrogen and oxygen atoms in total. The molecule has 0 bridgehead atoms. The molecule has 0 N–H and O–H groups in total. The summed E-state index contributed by atoms with van der Waals surface area (Å²) in [5.41, 5.74) is 1.06. The zero-order chi connectivity index (χ0) is 20.1. The lowest BCUT2D eigenvalue weighted by atomic mass is 10.3. The molecule has 1 saturated heterocycles. The van der Waals surface area contributed by atoms with Gasteiger partial charge in [0.2, 0.25) is 0 Å². The van der Waals surface area contributed by atoms with E-state index in [0.29, 0.717) is 24.6 Å². The standard InChI is InChI=1S/C21H23N3O3S2/c1-26-17-5-2-3-6-18(17)27-14-21(25)24-10-8-23(9-11-24)13-20-22-16(15-29-20)19-7-4-12-28-19/h2-7,12,15H,8-11,13-14H2,1H3.